The highest BCUT2D eigenvalue weighted by Crippen LogP contribution is 2.37. The van der Waals surface area contributed by atoms with Crippen molar-refractivity contribution in [1.82, 2.24) is 29.7 Å². The van der Waals surface area contributed by atoms with E-state index in [4.69, 9.17) is 4.98 Å². The predicted molar refractivity (Wildman–Crippen MR) is 108 cm³/mol. The topological polar surface area (TPSA) is 105 Å². The van der Waals surface area contributed by atoms with E-state index < -0.39 is 6.04 Å². The highest BCUT2D eigenvalue weighted by molar-refractivity contribution is 6.04. The van der Waals surface area contributed by atoms with Crippen LogP contribution in [0.2, 0.25) is 0 Å². The van der Waals surface area contributed by atoms with Gasteiger partial charge in [0.15, 0.2) is 5.82 Å². The fourth-order valence-corrected chi connectivity index (χ4v) is 3.56. The highest BCUT2D eigenvalue weighted by Gasteiger charge is 2.35. The lowest BCUT2D eigenvalue weighted by Crippen LogP contribution is -2.45. The third-order valence-corrected chi connectivity index (χ3v) is 4.96. The van der Waals surface area contributed by atoms with E-state index in [1.807, 2.05) is 11.8 Å². The van der Waals surface area contributed by atoms with Gasteiger partial charge in [-0.15, -0.1) is 0 Å². The van der Waals surface area contributed by atoms with Gasteiger partial charge in [0.2, 0.25) is 11.9 Å². The van der Waals surface area contributed by atoms with Gasteiger partial charge in [0.1, 0.15) is 23.4 Å². The molecule has 3 aromatic heterocycles. The van der Waals surface area contributed by atoms with Crippen LogP contribution in [0, 0.1) is 5.82 Å². The molecule has 0 unspecified atom stereocenters. The average Bonchev–Trinajstić information content (AvgIpc) is 3.45. The number of carbonyl (C=O) groups excluding carboxylic acids is 1. The van der Waals surface area contributed by atoms with E-state index in [1.54, 1.807) is 47.7 Å². The molecular weight excluding hydrogens is 387 g/mol. The average molecular weight is 404 g/mol. The van der Waals surface area contributed by atoms with Crippen LogP contribution in [-0.2, 0) is 4.79 Å². The number of aromatic nitrogens is 6. The Balaban J connectivity index is 1.63. The molecule has 10 heteroatoms. The Kier molecular flexibility index (Phi) is 4.24. The molecule has 0 saturated heterocycles. The Morgan fingerprint density at radius 3 is 2.73 bits per heavy atom. The summed E-state index contributed by atoms with van der Waals surface area (Å²) < 4.78 is 15.0. The second-order valence-electron chi connectivity index (χ2n) is 6.77. The van der Waals surface area contributed by atoms with Crippen LogP contribution in [0.4, 0.5) is 21.6 Å². The van der Waals surface area contributed by atoms with Crippen LogP contribution in [0.25, 0.3) is 17.3 Å². The van der Waals surface area contributed by atoms with E-state index >= 15 is 0 Å². The van der Waals surface area contributed by atoms with Crippen LogP contribution in [0.5, 0.6) is 0 Å². The Morgan fingerprint density at radius 1 is 1.17 bits per heavy atom. The number of hydrogen-bond acceptors (Lipinski definition) is 6. The van der Waals surface area contributed by atoms with Crippen molar-refractivity contribution in [3.05, 3.63) is 61.1 Å². The maximum Gasteiger partial charge on any atom is 0.247 e. The minimum absolute atomic E-state index is 0.128. The zero-order chi connectivity index (χ0) is 20.7. The van der Waals surface area contributed by atoms with Crippen molar-refractivity contribution in [3.63, 3.8) is 0 Å². The van der Waals surface area contributed by atoms with E-state index in [0.29, 0.717) is 29.7 Å². The number of benzene rings is 1. The number of amides is 1. The summed E-state index contributed by atoms with van der Waals surface area (Å²) in [5, 5.41) is 9.67. The fraction of sp³-hybridized carbons (Fsp3) is 0.150. The fourth-order valence-electron chi connectivity index (χ4n) is 3.56. The monoisotopic (exact) mass is 404 g/mol. The molecule has 0 aliphatic carbocycles. The van der Waals surface area contributed by atoms with Gasteiger partial charge >= 0.3 is 0 Å². The van der Waals surface area contributed by atoms with E-state index in [1.165, 1.54) is 12.1 Å². The SMILES string of the molecule is CC[C@@H]1C(=O)Nc2cnc(-n3ccnc3-c3ccc(F)cc3)nc2N1c1cn[nH]c1. The van der Waals surface area contributed by atoms with Gasteiger partial charge in [0.05, 0.1) is 18.1 Å². The van der Waals surface area contributed by atoms with Gasteiger partial charge in [-0.2, -0.15) is 10.1 Å². The Hall–Kier alpha value is -4.08. The molecule has 5 rings (SSSR count). The second-order valence-corrected chi connectivity index (χ2v) is 6.77. The van der Waals surface area contributed by atoms with E-state index in [9.17, 15) is 9.18 Å². The van der Waals surface area contributed by atoms with E-state index in [0.717, 1.165) is 11.3 Å². The first-order valence-corrected chi connectivity index (χ1v) is 9.41. The molecule has 0 fully saturated rings. The first kappa shape index (κ1) is 18.0. The Bertz CT molecular complexity index is 1200. The van der Waals surface area contributed by atoms with Gasteiger partial charge in [-0.25, -0.2) is 14.4 Å². The van der Waals surface area contributed by atoms with Crippen molar-refractivity contribution in [2.24, 2.45) is 0 Å². The lowest BCUT2D eigenvalue weighted by molar-refractivity contribution is -0.117. The van der Waals surface area contributed by atoms with Gasteiger partial charge in [0, 0.05) is 24.2 Å². The molecule has 30 heavy (non-hydrogen) atoms. The molecule has 0 spiro atoms. The molecule has 4 heterocycles. The smallest absolute Gasteiger partial charge is 0.247 e. The molecule has 1 aromatic carbocycles. The molecule has 4 aromatic rings. The maximum absolute atomic E-state index is 13.3. The summed E-state index contributed by atoms with van der Waals surface area (Å²) in [4.78, 5) is 28.0. The van der Waals surface area contributed by atoms with Crippen LogP contribution in [0.15, 0.2) is 55.2 Å². The van der Waals surface area contributed by atoms with Gasteiger partial charge in [0.25, 0.3) is 0 Å². The summed E-state index contributed by atoms with van der Waals surface area (Å²) in [7, 11) is 0. The number of fused-ring (bicyclic) bond motifs is 1. The van der Waals surface area contributed by atoms with E-state index in [2.05, 4.69) is 25.5 Å². The summed E-state index contributed by atoms with van der Waals surface area (Å²) in [6.45, 7) is 1.94. The Morgan fingerprint density at radius 2 is 2.00 bits per heavy atom. The van der Waals surface area contributed by atoms with Crippen molar-refractivity contribution in [2.45, 2.75) is 19.4 Å². The van der Waals surface area contributed by atoms with Crippen molar-refractivity contribution in [3.8, 4) is 17.3 Å². The summed E-state index contributed by atoms with van der Waals surface area (Å²) >= 11 is 0. The largest absolute Gasteiger partial charge is 0.320 e. The van der Waals surface area contributed by atoms with Gasteiger partial charge in [-0.1, -0.05) is 6.92 Å². The number of nitrogens with zero attached hydrogens (tertiary/aromatic N) is 6. The van der Waals surface area contributed by atoms with E-state index in [-0.39, 0.29) is 11.7 Å². The van der Waals surface area contributed by atoms with Gasteiger partial charge in [-0.05, 0) is 30.7 Å². The maximum atomic E-state index is 13.3. The molecule has 1 atom stereocenters. The van der Waals surface area contributed by atoms with Gasteiger partial charge < -0.3 is 10.2 Å². The summed E-state index contributed by atoms with van der Waals surface area (Å²) in [6, 6.07) is 5.63. The number of carbonyl (C=O) groups is 1. The van der Waals surface area contributed by atoms with Crippen molar-refractivity contribution in [2.75, 3.05) is 10.2 Å². The number of aromatic amines is 1. The summed E-state index contributed by atoms with van der Waals surface area (Å²) in [5.41, 5.74) is 1.97. The van der Waals surface area contributed by atoms with Crippen molar-refractivity contribution >= 4 is 23.1 Å². The minimum atomic E-state index is -0.433. The molecular formula is C20H17FN8O. The first-order chi connectivity index (χ1) is 14.7. The lowest BCUT2D eigenvalue weighted by Gasteiger charge is -2.35. The first-order valence-electron chi connectivity index (χ1n) is 9.41. The molecule has 0 saturated carbocycles. The second kappa shape index (κ2) is 7.07. The highest BCUT2D eigenvalue weighted by atomic mass is 19.1. The molecule has 0 bridgehead atoms. The lowest BCUT2D eigenvalue weighted by atomic mass is 10.1. The number of anilines is 3. The molecule has 1 amide bonds. The molecule has 9 nitrogen and oxygen atoms in total. The van der Waals surface area contributed by atoms with Crippen LogP contribution >= 0.6 is 0 Å². The molecule has 1 aliphatic heterocycles. The van der Waals surface area contributed by atoms with Crippen molar-refractivity contribution < 1.29 is 9.18 Å². The number of H-pyrrole nitrogens is 1. The number of rotatable bonds is 4. The standard InChI is InChI=1S/C20H17FN8O/c1-2-16-19(30)26-15-11-23-20(27-18(15)29(16)14-9-24-25-10-14)28-8-7-22-17(28)12-3-5-13(21)6-4-12/h3-11,16H,2H2,1H3,(H,24,25)(H,26,30)/t16-/m1/s1. The summed E-state index contributed by atoms with van der Waals surface area (Å²) in [5.74, 6) is 1.07. The number of imidazole rings is 1. The quantitative estimate of drug-likeness (QED) is 0.542. The van der Waals surface area contributed by atoms with Crippen LogP contribution in [0.1, 0.15) is 13.3 Å². The third kappa shape index (κ3) is 2.89. The molecule has 150 valence electrons. The predicted octanol–water partition coefficient (Wildman–Crippen LogP) is 3.06. The summed E-state index contributed by atoms with van der Waals surface area (Å²) in [6.07, 6.45) is 8.89. The normalized spacial score (nSPS) is 15.7. The zero-order valence-electron chi connectivity index (χ0n) is 16.0. The minimum Gasteiger partial charge on any atom is -0.320 e. The number of hydrogen-bond donors (Lipinski definition) is 2. The third-order valence-electron chi connectivity index (χ3n) is 4.96. The van der Waals surface area contributed by atoms with Crippen LogP contribution in [0.3, 0.4) is 0 Å². The van der Waals surface area contributed by atoms with Crippen LogP contribution in [-0.4, -0.2) is 41.7 Å². The van der Waals surface area contributed by atoms with Crippen molar-refractivity contribution in [1.29, 1.82) is 0 Å². The zero-order valence-corrected chi connectivity index (χ0v) is 16.0. The molecule has 0 radical (unpaired) electrons. The Labute approximate surface area is 170 Å². The van der Waals surface area contributed by atoms with Crippen LogP contribution < -0.4 is 10.2 Å². The molecule has 1 aliphatic rings. The number of halogens is 1. The van der Waals surface area contributed by atoms with Gasteiger partial charge in [-0.3, -0.25) is 14.5 Å². The molecule has 2 N–H and O–H groups in total. The number of nitrogens with one attached hydrogen (secondary N) is 2.